The average Bonchev–Trinajstić information content (AvgIpc) is 4.05. The summed E-state index contributed by atoms with van der Waals surface area (Å²) in [7, 11) is 1.29. The number of ether oxygens (including phenoxy) is 2. The van der Waals surface area contributed by atoms with Crippen LogP contribution in [-0.4, -0.2) is 92.6 Å². The number of hydrogen-bond donors (Lipinski definition) is 4. The van der Waals surface area contributed by atoms with Gasteiger partial charge in [0.15, 0.2) is 0 Å². The Morgan fingerprint density at radius 3 is 1.79 bits per heavy atom. The number of hydrogen-bond acceptors (Lipinski definition) is 10. The number of alkyl carbamates (subject to hydrolysis) is 2. The van der Waals surface area contributed by atoms with E-state index in [0.29, 0.717) is 13.1 Å². The summed E-state index contributed by atoms with van der Waals surface area (Å²) in [5.74, 6) is 0.993. The van der Waals surface area contributed by atoms with Crippen LogP contribution < -0.4 is 10.6 Å². The molecule has 14 nitrogen and oxygen atoms in total. The first-order valence-corrected chi connectivity index (χ1v) is 21.3. The van der Waals surface area contributed by atoms with Crippen LogP contribution in [-0.2, 0) is 19.1 Å². The zero-order chi connectivity index (χ0) is 40.4. The molecule has 0 spiro atoms. The zero-order valence-electron chi connectivity index (χ0n) is 33.1. The predicted molar refractivity (Wildman–Crippen MR) is 221 cm³/mol. The molecule has 0 radical (unpaired) electrons. The lowest BCUT2D eigenvalue weighted by molar-refractivity contribution is -0.136. The Labute approximate surface area is 339 Å². The van der Waals surface area contributed by atoms with E-state index in [0.717, 1.165) is 71.0 Å². The van der Waals surface area contributed by atoms with E-state index in [1.165, 1.54) is 16.5 Å². The van der Waals surface area contributed by atoms with Crippen LogP contribution in [0.1, 0.15) is 84.0 Å². The topological polar surface area (TPSA) is 175 Å². The highest BCUT2D eigenvalue weighted by atomic mass is 32.1. The fourth-order valence-electron chi connectivity index (χ4n) is 7.83. The SMILES string of the molecule is CCOC(=O)N[C@H](C(=O)N1CCCC1c1ncc(-c2csc3c(-c4ccc(-c5cnc(C6CCCN6C(=O)[C@@H](NC(=O)OC)C(C)C)[nH]5)cc4)csc23)[nH]1)C(C)C. The highest BCUT2D eigenvalue weighted by Gasteiger charge is 2.39. The third-order valence-electron chi connectivity index (χ3n) is 10.8. The minimum atomic E-state index is -0.688. The number of imidazole rings is 2. The van der Waals surface area contributed by atoms with E-state index < -0.39 is 24.3 Å². The van der Waals surface area contributed by atoms with Gasteiger partial charge >= 0.3 is 12.2 Å². The third-order valence-corrected chi connectivity index (χ3v) is 13.0. The number of H-pyrrole nitrogens is 2. The van der Waals surface area contributed by atoms with Crippen molar-refractivity contribution in [2.45, 2.75) is 84.5 Å². The Kier molecular flexibility index (Phi) is 12.0. The molecule has 4 aromatic heterocycles. The van der Waals surface area contributed by atoms with Gasteiger partial charge in [0.2, 0.25) is 11.8 Å². The van der Waals surface area contributed by atoms with Crippen molar-refractivity contribution in [3.8, 4) is 33.6 Å². The summed E-state index contributed by atoms with van der Waals surface area (Å²) in [6.07, 6.45) is 5.73. The van der Waals surface area contributed by atoms with Crippen LogP contribution in [0, 0.1) is 11.8 Å². The summed E-state index contributed by atoms with van der Waals surface area (Å²) in [5, 5.41) is 9.81. The molecule has 4 N–H and O–H groups in total. The van der Waals surface area contributed by atoms with Crippen molar-refractivity contribution in [3.63, 3.8) is 0 Å². The Balaban J connectivity index is 1.04. The number of aromatic amines is 2. The van der Waals surface area contributed by atoms with Crippen molar-refractivity contribution in [2.75, 3.05) is 26.8 Å². The summed E-state index contributed by atoms with van der Waals surface area (Å²) in [4.78, 5) is 71.6. The number of rotatable bonds is 12. The van der Waals surface area contributed by atoms with Crippen LogP contribution in [0.15, 0.2) is 47.4 Å². The van der Waals surface area contributed by atoms with Crippen molar-refractivity contribution < 1.29 is 28.7 Å². The molecule has 0 bridgehead atoms. The number of carbonyl (C=O) groups is 4. The molecular weight excluding hydrogens is 765 g/mol. The Morgan fingerprint density at radius 2 is 1.25 bits per heavy atom. The lowest BCUT2D eigenvalue weighted by atomic mass is 10.0. The Bertz CT molecular complexity index is 2220. The molecule has 2 fully saturated rings. The molecule has 57 heavy (non-hydrogen) atoms. The van der Waals surface area contributed by atoms with Crippen molar-refractivity contribution >= 4 is 56.1 Å². The summed E-state index contributed by atoms with van der Waals surface area (Å²) >= 11 is 3.39. The minimum absolute atomic E-state index is 0.105. The number of benzene rings is 1. The number of aromatic nitrogens is 4. The highest BCUT2D eigenvalue weighted by Crippen LogP contribution is 2.44. The molecular formula is C41H50N8O6S2. The number of nitrogens with zero attached hydrogens (tertiary/aromatic N) is 4. The van der Waals surface area contributed by atoms with E-state index in [4.69, 9.17) is 19.4 Å². The normalized spacial score (nSPS) is 18.0. The van der Waals surface area contributed by atoms with Gasteiger partial charge in [-0.05, 0) is 55.6 Å². The van der Waals surface area contributed by atoms with E-state index in [2.05, 4.69) is 55.6 Å². The maximum Gasteiger partial charge on any atom is 0.407 e. The molecule has 6 heterocycles. The van der Waals surface area contributed by atoms with Crippen molar-refractivity contribution in [2.24, 2.45) is 11.8 Å². The molecule has 302 valence electrons. The zero-order valence-corrected chi connectivity index (χ0v) is 34.7. The fourth-order valence-corrected chi connectivity index (χ4v) is 10.3. The smallest absolute Gasteiger partial charge is 0.407 e. The first kappa shape index (κ1) is 40.0. The highest BCUT2D eigenvalue weighted by molar-refractivity contribution is 7.27. The molecule has 16 heteroatoms. The number of carbonyl (C=O) groups excluding carboxylic acids is 4. The van der Waals surface area contributed by atoms with Crippen molar-refractivity contribution in [1.82, 2.24) is 40.4 Å². The number of amides is 4. The molecule has 2 aliphatic rings. The van der Waals surface area contributed by atoms with E-state index in [9.17, 15) is 19.2 Å². The van der Waals surface area contributed by atoms with Gasteiger partial charge in [0.05, 0.1) is 59.0 Å². The van der Waals surface area contributed by atoms with Crippen LogP contribution >= 0.6 is 22.7 Å². The van der Waals surface area contributed by atoms with E-state index in [-0.39, 0.29) is 42.3 Å². The molecule has 2 saturated heterocycles. The molecule has 4 atom stereocenters. The van der Waals surface area contributed by atoms with Gasteiger partial charge in [0.1, 0.15) is 23.7 Å². The van der Waals surface area contributed by atoms with Crippen LogP contribution in [0.5, 0.6) is 0 Å². The van der Waals surface area contributed by atoms with Crippen LogP contribution in [0.3, 0.4) is 0 Å². The molecule has 1 aromatic carbocycles. The largest absolute Gasteiger partial charge is 0.453 e. The second-order valence-corrected chi connectivity index (χ2v) is 17.0. The van der Waals surface area contributed by atoms with E-state index in [1.807, 2.05) is 49.9 Å². The number of methoxy groups -OCH3 is 1. The molecule has 7 rings (SSSR count). The first-order valence-electron chi connectivity index (χ1n) is 19.6. The van der Waals surface area contributed by atoms with Crippen molar-refractivity contribution in [1.29, 1.82) is 0 Å². The third kappa shape index (κ3) is 8.15. The maximum absolute atomic E-state index is 13.7. The minimum Gasteiger partial charge on any atom is -0.453 e. The van der Waals surface area contributed by atoms with Gasteiger partial charge in [-0.15, -0.1) is 22.7 Å². The lowest BCUT2D eigenvalue weighted by Gasteiger charge is -2.30. The standard InChI is InChI=1S/C41H50N8O6S2/c1-7-55-41(53)47-33(23(4)5)39(51)49-17-9-11-31(49)37-43-19-29(45-37)27-21-57-34-26(20-56-35(27)34)24-12-14-25(15-13-24)28-18-42-36(44-28)30-10-8-16-48(30)38(50)32(22(2)3)46-40(52)54-6/h12-15,18-23,30-33H,7-11,16-17H2,1-6H3,(H,42,44)(H,43,45)(H,46,52)(H,47,53)/t30?,31?,32-,33-/m0/s1. The quantitative estimate of drug-likeness (QED) is 0.0984. The number of nitrogens with one attached hydrogen (secondary N) is 4. The predicted octanol–water partition coefficient (Wildman–Crippen LogP) is 7.89. The lowest BCUT2D eigenvalue weighted by Crippen LogP contribution is -2.51. The Hall–Kier alpha value is -5.22. The molecule has 5 aromatic rings. The number of fused-ring (bicyclic) bond motifs is 1. The van der Waals surface area contributed by atoms with Crippen molar-refractivity contribution in [3.05, 3.63) is 59.1 Å². The van der Waals surface area contributed by atoms with Crippen LogP contribution in [0.2, 0.25) is 0 Å². The first-order chi connectivity index (χ1) is 27.5. The van der Waals surface area contributed by atoms with Gasteiger partial charge in [-0.2, -0.15) is 0 Å². The monoisotopic (exact) mass is 814 g/mol. The number of thiophene rings is 2. The molecule has 0 saturated carbocycles. The number of likely N-dealkylation sites (tertiary alicyclic amines) is 2. The van der Waals surface area contributed by atoms with Gasteiger partial charge in [-0.3, -0.25) is 9.59 Å². The van der Waals surface area contributed by atoms with E-state index in [1.54, 1.807) is 29.6 Å². The van der Waals surface area contributed by atoms with Crippen LogP contribution in [0.25, 0.3) is 43.0 Å². The van der Waals surface area contributed by atoms with Gasteiger partial charge in [-0.1, -0.05) is 52.0 Å². The van der Waals surface area contributed by atoms with Gasteiger partial charge in [0, 0.05) is 35.0 Å². The van der Waals surface area contributed by atoms with E-state index >= 15 is 0 Å². The summed E-state index contributed by atoms with van der Waals surface area (Å²) in [6, 6.07) is 6.62. The van der Waals surface area contributed by atoms with Crippen LogP contribution in [0.4, 0.5) is 9.59 Å². The summed E-state index contributed by atoms with van der Waals surface area (Å²) in [5.41, 5.74) is 6.09. The second-order valence-electron chi connectivity index (χ2n) is 15.2. The van der Waals surface area contributed by atoms with Gasteiger partial charge < -0.3 is 39.9 Å². The van der Waals surface area contributed by atoms with Gasteiger partial charge in [-0.25, -0.2) is 19.6 Å². The Morgan fingerprint density at radius 1 is 0.754 bits per heavy atom. The summed E-state index contributed by atoms with van der Waals surface area (Å²) < 4.78 is 12.2. The second kappa shape index (κ2) is 17.1. The molecule has 0 aliphatic carbocycles. The van der Waals surface area contributed by atoms with Gasteiger partial charge in [0.25, 0.3) is 0 Å². The molecule has 2 aliphatic heterocycles. The fraction of sp³-hybridized carbons (Fsp3) is 0.463. The maximum atomic E-state index is 13.7. The summed E-state index contributed by atoms with van der Waals surface area (Å²) in [6.45, 7) is 10.8. The average molecular weight is 815 g/mol. The molecule has 4 amide bonds. The molecule has 2 unspecified atom stereocenters.